The zero-order valence-electron chi connectivity index (χ0n) is 46.1. The number of amides is 1. The van der Waals surface area contributed by atoms with Crippen LogP contribution in [0.2, 0.25) is 0 Å². The summed E-state index contributed by atoms with van der Waals surface area (Å²) in [6.45, 7) is 4.97. The molecule has 1 amide bonds. The topological polar surface area (TPSA) is 95.9 Å². The molecule has 2 atom stereocenters. The molecule has 0 saturated heterocycles. The Morgan fingerprint density at radius 2 is 0.691 bits per heavy atom. The molecule has 6 heteroatoms. The molecule has 6 nitrogen and oxygen atoms in total. The number of aliphatic hydroxyl groups excluding tert-OH is 2. The first-order valence-electron chi connectivity index (χ1n) is 30.9. The van der Waals surface area contributed by atoms with Gasteiger partial charge in [0.05, 0.1) is 25.4 Å². The number of unbranched alkanes of at least 4 members (excludes halogenated alkanes) is 45. The molecule has 0 heterocycles. The van der Waals surface area contributed by atoms with Crippen molar-refractivity contribution in [3.05, 3.63) is 12.2 Å². The Bertz CT molecular complexity index is 1020. The quantitative estimate of drug-likeness (QED) is 0.0321. The molecule has 2 unspecified atom stereocenters. The first-order valence-corrected chi connectivity index (χ1v) is 30.9. The molecule has 0 fully saturated rings. The van der Waals surface area contributed by atoms with Crippen molar-refractivity contribution >= 4 is 11.9 Å². The Kier molecular flexibility index (Phi) is 57.0. The number of carbonyl (C=O) groups is 2. The summed E-state index contributed by atoms with van der Waals surface area (Å²) in [6.07, 6.45) is 69.3. The monoisotopic (exact) mass is 960 g/mol. The summed E-state index contributed by atoms with van der Waals surface area (Å²) in [5, 5.41) is 23.3. The Morgan fingerprint density at radius 1 is 0.397 bits per heavy atom. The first-order chi connectivity index (χ1) is 33.5. The standard InChI is InChI=1S/C62H121NO5/c1-3-5-7-9-11-13-15-17-19-27-30-34-38-42-46-50-54-60(65)59(58-64)63-61(66)55-51-47-43-39-35-31-28-24-22-20-21-23-25-29-33-37-41-45-49-53-57-68-62(67)56-52-48-44-40-36-32-26-18-16-14-12-10-8-6-4-2/h18,26,59-60,64-65H,3-17,19-25,27-58H2,1-2H3,(H,63,66)/b26-18-. The highest BCUT2D eigenvalue weighted by Gasteiger charge is 2.20. The van der Waals surface area contributed by atoms with Crippen LogP contribution < -0.4 is 5.32 Å². The van der Waals surface area contributed by atoms with Crippen LogP contribution in [0, 0.1) is 0 Å². The lowest BCUT2D eigenvalue weighted by Gasteiger charge is -2.22. The van der Waals surface area contributed by atoms with Gasteiger partial charge in [0, 0.05) is 12.8 Å². The van der Waals surface area contributed by atoms with E-state index in [0.29, 0.717) is 25.9 Å². The smallest absolute Gasteiger partial charge is 0.305 e. The van der Waals surface area contributed by atoms with Crippen molar-refractivity contribution in [3.63, 3.8) is 0 Å². The van der Waals surface area contributed by atoms with Crippen molar-refractivity contribution in [3.8, 4) is 0 Å². The van der Waals surface area contributed by atoms with Crippen molar-refractivity contribution in [2.75, 3.05) is 13.2 Å². The Hall–Kier alpha value is -1.40. The molecule has 0 bridgehead atoms. The van der Waals surface area contributed by atoms with Gasteiger partial charge < -0.3 is 20.3 Å². The Morgan fingerprint density at radius 3 is 1.04 bits per heavy atom. The number of hydrogen-bond donors (Lipinski definition) is 3. The van der Waals surface area contributed by atoms with Crippen LogP contribution in [0.5, 0.6) is 0 Å². The zero-order chi connectivity index (χ0) is 49.3. The summed E-state index contributed by atoms with van der Waals surface area (Å²) >= 11 is 0. The minimum atomic E-state index is -0.665. The minimum absolute atomic E-state index is 0.00348. The molecule has 0 saturated carbocycles. The van der Waals surface area contributed by atoms with E-state index in [2.05, 4.69) is 31.3 Å². The molecule has 0 rings (SSSR count). The Balaban J connectivity index is 3.38. The average Bonchev–Trinajstić information content (AvgIpc) is 3.34. The largest absolute Gasteiger partial charge is 0.466 e. The summed E-state index contributed by atoms with van der Waals surface area (Å²) in [4.78, 5) is 24.5. The number of rotatable bonds is 58. The van der Waals surface area contributed by atoms with Crippen LogP contribution in [0.1, 0.15) is 348 Å². The lowest BCUT2D eigenvalue weighted by molar-refractivity contribution is -0.143. The molecule has 404 valence electrons. The number of carbonyl (C=O) groups excluding carboxylic acids is 2. The summed E-state index contributed by atoms with van der Waals surface area (Å²) in [6, 6.07) is -0.542. The van der Waals surface area contributed by atoms with Crippen molar-refractivity contribution < 1.29 is 24.5 Å². The molecule has 0 aromatic rings. The van der Waals surface area contributed by atoms with Gasteiger partial charge in [-0.15, -0.1) is 0 Å². The van der Waals surface area contributed by atoms with Crippen LogP contribution >= 0.6 is 0 Å². The molecule has 0 aliphatic rings. The number of allylic oxidation sites excluding steroid dienone is 2. The van der Waals surface area contributed by atoms with Gasteiger partial charge in [-0.3, -0.25) is 9.59 Å². The van der Waals surface area contributed by atoms with Gasteiger partial charge in [0.1, 0.15) is 0 Å². The maximum absolute atomic E-state index is 12.5. The normalized spacial score (nSPS) is 12.6. The van der Waals surface area contributed by atoms with Crippen LogP contribution in [-0.2, 0) is 14.3 Å². The third-order valence-electron chi connectivity index (χ3n) is 14.6. The number of hydrogen-bond acceptors (Lipinski definition) is 5. The molecule has 0 aromatic heterocycles. The molecule has 0 aliphatic heterocycles. The van der Waals surface area contributed by atoms with Crippen molar-refractivity contribution in [1.82, 2.24) is 5.32 Å². The van der Waals surface area contributed by atoms with Crippen LogP contribution in [0.3, 0.4) is 0 Å². The first kappa shape index (κ1) is 66.6. The van der Waals surface area contributed by atoms with Crippen molar-refractivity contribution in [1.29, 1.82) is 0 Å². The van der Waals surface area contributed by atoms with E-state index in [-0.39, 0.29) is 18.5 Å². The predicted molar refractivity (Wildman–Crippen MR) is 297 cm³/mol. The second kappa shape index (κ2) is 58.2. The minimum Gasteiger partial charge on any atom is -0.466 e. The Labute approximate surface area is 425 Å². The highest BCUT2D eigenvalue weighted by atomic mass is 16.5. The summed E-state index contributed by atoms with van der Waals surface area (Å²) in [7, 11) is 0. The fourth-order valence-electron chi connectivity index (χ4n) is 9.81. The summed E-state index contributed by atoms with van der Waals surface area (Å²) < 4.78 is 5.48. The van der Waals surface area contributed by atoms with E-state index >= 15 is 0 Å². The molecule has 0 aliphatic carbocycles. The van der Waals surface area contributed by atoms with Crippen molar-refractivity contribution in [2.45, 2.75) is 360 Å². The van der Waals surface area contributed by atoms with Crippen molar-refractivity contribution in [2.24, 2.45) is 0 Å². The van der Waals surface area contributed by atoms with Crippen LogP contribution in [0.4, 0.5) is 0 Å². The van der Waals surface area contributed by atoms with Gasteiger partial charge in [-0.2, -0.15) is 0 Å². The molecular weight excluding hydrogens is 839 g/mol. The third-order valence-corrected chi connectivity index (χ3v) is 14.6. The number of ether oxygens (including phenoxy) is 1. The van der Waals surface area contributed by atoms with Gasteiger partial charge in [-0.05, 0) is 51.4 Å². The maximum Gasteiger partial charge on any atom is 0.305 e. The number of nitrogens with one attached hydrogen (secondary N) is 1. The van der Waals surface area contributed by atoms with Gasteiger partial charge in [0.15, 0.2) is 0 Å². The SMILES string of the molecule is CCCCCCCC/C=C\CCCCCCCC(=O)OCCCCCCCCCCCCCCCCCCCCCCC(=O)NC(CO)C(O)CCCCCCCCCCCCCCCCCC. The van der Waals surface area contributed by atoms with Gasteiger partial charge in [0.2, 0.25) is 5.91 Å². The molecule has 0 aromatic carbocycles. The number of esters is 1. The second-order valence-electron chi connectivity index (χ2n) is 21.4. The number of aliphatic hydroxyl groups is 2. The van der Waals surface area contributed by atoms with Gasteiger partial charge in [0.25, 0.3) is 0 Å². The lowest BCUT2D eigenvalue weighted by atomic mass is 10.0. The van der Waals surface area contributed by atoms with E-state index in [9.17, 15) is 19.8 Å². The molecular formula is C62H121NO5. The average molecular weight is 961 g/mol. The van der Waals surface area contributed by atoms with E-state index in [1.807, 2.05) is 0 Å². The summed E-state index contributed by atoms with van der Waals surface area (Å²) in [5.74, 6) is -0.0307. The maximum atomic E-state index is 12.5. The van der Waals surface area contributed by atoms with E-state index in [0.717, 1.165) is 44.9 Å². The third kappa shape index (κ3) is 53.9. The zero-order valence-corrected chi connectivity index (χ0v) is 46.1. The van der Waals surface area contributed by atoms with Gasteiger partial charge >= 0.3 is 5.97 Å². The predicted octanol–water partition coefficient (Wildman–Crippen LogP) is 19.2. The lowest BCUT2D eigenvalue weighted by Crippen LogP contribution is -2.45. The highest BCUT2D eigenvalue weighted by Crippen LogP contribution is 2.18. The van der Waals surface area contributed by atoms with Crippen LogP contribution in [0.15, 0.2) is 12.2 Å². The van der Waals surface area contributed by atoms with E-state index < -0.39 is 12.1 Å². The van der Waals surface area contributed by atoms with E-state index in [4.69, 9.17) is 4.74 Å². The highest BCUT2D eigenvalue weighted by molar-refractivity contribution is 5.76. The summed E-state index contributed by atoms with van der Waals surface area (Å²) in [5.41, 5.74) is 0. The van der Waals surface area contributed by atoms with Gasteiger partial charge in [-0.1, -0.05) is 296 Å². The van der Waals surface area contributed by atoms with Crippen LogP contribution in [-0.4, -0.2) is 47.4 Å². The molecule has 0 radical (unpaired) electrons. The molecule has 3 N–H and O–H groups in total. The van der Waals surface area contributed by atoms with E-state index in [1.54, 1.807) is 0 Å². The fraction of sp³-hybridized carbons (Fsp3) is 0.935. The van der Waals surface area contributed by atoms with E-state index in [1.165, 1.54) is 270 Å². The van der Waals surface area contributed by atoms with Crippen LogP contribution in [0.25, 0.3) is 0 Å². The molecule has 0 spiro atoms. The molecule has 68 heavy (non-hydrogen) atoms. The fourth-order valence-corrected chi connectivity index (χ4v) is 9.81. The van der Waals surface area contributed by atoms with Gasteiger partial charge in [-0.25, -0.2) is 0 Å². The second-order valence-corrected chi connectivity index (χ2v) is 21.4.